The highest BCUT2D eigenvalue weighted by atomic mass is 16.3. The van der Waals surface area contributed by atoms with E-state index in [9.17, 15) is 4.79 Å². The van der Waals surface area contributed by atoms with Crippen LogP contribution in [0.3, 0.4) is 0 Å². The van der Waals surface area contributed by atoms with Crippen molar-refractivity contribution in [2.45, 2.75) is 32.7 Å². The van der Waals surface area contributed by atoms with Gasteiger partial charge in [0.15, 0.2) is 0 Å². The molecule has 12 heavy (non-hydrogen) atoms. The molecule has 3 nitrogen and oxygen atoms in total. The maximum absolute atomic E-state index is 11.0. The summed E-state index contributed by atoms with van der Waals surface area (Å²) >= 11 is 0. The Morgan fingerprint density at radius 1 is 1.58 bits per heavy atom. The molecule has 0 aliphatic carbocycles. The highest BCUT2D eigenvalue weighted by molar-refractivity contribution is 5.93. The normalized spacial score (nSPS) is 10.0. The monoisotopic (exact) mass is 169 g/mol. The van der Waals surface area contributed by atoms with Crippen LogP contribution in [0.2, 0.25) is 0 Å². The van der Waals surface area contributed by atoms with Crippen LogP contribution < -0.4 is 5.32 Å². The van der Waals surface area contributed by atoms with Crippen LogP contribution in [-0.4, -0.2) is 23.2 Å². The second kappa shape index (κ2) is 4.78. The van der Waals surface area contributed by atoms with E-state index in [-0.39, 0.29) is 18.1 Å². The molecule has 0 aromatic heterocycles. The third-order valence-electron chi connectivity index (χ3n) is 1.43. The number of rotatable bonds is 3. The van der Waals surface area contributed by atoms with Crippen molar-refractivity contribution in [1.29, 1.82) is 0 Å². The molecule has 0 heterocycles. The van der Waals surface area contributed by atoms with Gasteiger partial charge in [-0.2, -0.15) is 0 Å². The van der Waals surface area contributed by atoms with Crippen molar-refractivity contribution in [2.75, 3.05) is 6.61 Å². The van der Waals surface area contributed by atoms with Gasteiger partial charge in [-0.15, -0.1) is 0 Å². The van der Waals surface area contributed by atoms with Crippen molar-refractivity contribution < 1.29 is 9.90 Å². The summed E-state index contributed by atoms with van der Waals surface area (Å²) in [7, 11) is 0. The highest BCUT2D eigenvalue weighted by Crippen LogP contribution is 2.06. The molecule has 0 fully saturated rings. The molecule has 68 valence electrons. The quantitative estimate of drug-likeness (QED) is 0.596. The Bertz CT molecular complexity index is 210. The first-order valence-corrected chi connectivity index (χ1v) is 3.87. The van der Waals surface area contributed by atoms with E-state index in [1.807, 2.05) is 13.8 Å². The second-order valence-corrected chi connectivity index (χ2v) is 3.19. The van der Waals surface area contributed by atoms with Crippen molar-refractivity contribution in [1.82, 2.24) is 5.32 Å². The summed E-state index contributed by atoms with van der Waals surface area (Å²) in [5.41, 5.74) is -0.379. The van der Waals surface area contributed by atoms with Gasteiger partial charge >= 0.3 is 0 Å². The summed E-state index contributed by atoms with van der Waals surface area (Å²) in [6.45, 7) is 5.36. The van der Waals surface area contributed by atoms with E-state index in [4.69, 9.17) is 5.11 Å². The number of carbonyl (C=O) groups excluding carboxylic acids is 1. The van der Waals surface area contributed by atoms with Crippen LogP contribution in [0.5, 0.6) is 0 Å². The van der Waals surface area contributed by atoms with Gasteiger partial charge in [0.05, 0.1) is 0 Å². The molecular formula is C9H15NO2. The molecule has 0 aliphatic heterocycles. The first-order chi connectivity index (χ1) is 5.52. The Hall–Kier alpha value is -1.01. The van der Waals surface area contributed by atoms with Crippen LogP contribution in [0, 0.1) is 11.8 Å². The zero-order valence-corrected chi connectivity index (χ0v) is 7.77. The van der Waals surface area contributed by atoms with Crippen molar-refractivity contribution >= 4 is 5.91 Å². The molecule has 2 N–H and O–H groups in total. The zero-order chi connectivity index (χ0) is 9.61. The van der Waals surface area contributed by atoms with Gasteiger partial charge in [0.2, 0.25) is 0 Å². The number of aliphatic hydroxyl groups is 1. The third kappa shape index (κ3) is 4.75. The average Bonchev–Trinajstić information content (AvgIpc) is 1.85. The molecule has 0 rings (SSSR count). The number of carbonyl (C=O) groups is 1. The minimum Gasteiger partial charge on any atom is -0.396 e. The minimum absolute atomic E-state index is 0.0623. The smallest absolute Gasteiger partial charge is 0.296 e. The van der Waals surface area contributed by atoms with Crippen molar-refractivity contribution in [3.05, 3.63) is 0 Å². The molecule has 0 unspecified atom stereocenters. The van der Waals surface area contributed by atoms with Crippen LogP contribution in [0.1, 0.15) is 27.2 Å². The number of hydrogen-bond acceptors (Lipinski definition) is 2. The molecule has 0 spiro atoms. The Kier molecular flexibility index (Phi) is 4.38. The lowest BCUT2D eigenvalue weighted by atomic mass is 10.0. The molecule has 0 atom stereocenters. The molecule has 0 aromatic carbocycles. The molecular weight excluding hydrogens is 154 g/mol. The van der Waals surface area contributed by atoms with Crippen LogP contribution in [0.15, 0.2) is 0 Å². The molecule has 0 bridgehead atoms. The lowest BCUT2D eigenvalue weighted by Crippen LogP contribution is -2.43. The summed E-state index contributed by atoms with van der Waals surface area (Å²) < 4.78 is 0. The molecule has 0 radical (unpaired) electrons. The summed E-state index contributed by atoms with van der Waals surface area (Å²) in [6.07, 6.45) is 0.532. The summed E-state index contributed by atoms with van der Waals surface area (Å²) in [4.78, 5) is 11.0. The molecule has 0 saturated carbocycles. The summed E-state index contributed by atoms with van der Waals surface area (Å²) in [6, 6.07) is 0. The third-order valence-corrected chi connectivity index (χ3v) is 1.43. The number of aliphatic hydroxyl groups excluding tert-OH is 1. The molecule has 1 amide bonds. The van der Waals surface area contributed by atoms with Crippen molar-refractivity contribution in [2.24, 2.45) is 0 Å². The molecule has 3 heteroatoms. The topological polar surface area (TPSA) is 49.3 Å². The highest BCUT2D eigenvalue weighted by Gasteiger charge is 2.18. The predicted octanol–water partition coefficient (Wildman–Crippen LogP) is 0.287. The summed E-state index contributed by atoms with van der Waals surface area (Å²) in [5, 5.41) is 11.3. The molecule has 0 saturated heterocycles. The van der Waals surface area contributed by atoms with Gasteiger partial charge in [-0.3, -0.25) is 4.79 Å². The largest absolute Gasteiger partial charge is 0.396 e. The Morgan fingerprint density at radius 3 is 2.58 bits per heavy atom. The second-order valence-electron chi connectivity index (χ2n) is 3.19. The average molecular weight is 169 g/mol. The number of hydrogen-bond donors (Lipinski definition) is 2. The van der Waals surface area contributed by atoms with Crippen LogP contribution in [-0.2, 0) is 4.79 Å². The van der Waals surface area contributed by atoms with Crippen molar-refractivity contribution in [3.8, 4) is 11.8 Å². The van der Waals surface area contributed by atoms with Gasteiger partial charge in [-0.05, 0) is 33.1 Å². The predicted molar refractivity (Wildman–Crippen MR) is 47.4 cm³/mol. The first-order valence-electron chi connectivity index (χ1n) is 3.87. The van der Waals surface area contributed by atoms with E-state index < -0.39 is 0 Å². The summed E-state index contributed by atoms with van der Waals surface area (Å²) in [5.74, 6) is 4.59. The van der Waals surface area contributed by atoms with Gasteiger partial charge in [-0.1, -0.05) is 5.92 Å². The maximum atomic E-state index is 11.0. The van der Waals surface area contributed by atoms with Gasteiger partial charge in [0.1, 0.15) is 0 Å². The fraction of sp³-hybridized carbons (Fsp3) is 0.667. The fourth-order valence-corrected chi connectivity index (χ4v) is 0.794. The molecule has 0 aromatic rings. The van der Waals surface area contributed by atoms with E-state index in [0.717, 1.165) is 0 Å². The Morgan fingerprint density at radius 2 is 2.17 bits per heavy atom. The van der Waals surface area contributed by atoms with E-state index in [1.54, 1.807) is 6.92 Å². The fourth-order valence-electron chi connectivity index (χ4n) is 0.794. The first kappa shape index (κ1) is 11.0. The van der Waals surface area contributed by atoms with Crippen LogP contribution >= 0.6 is 0 Å². The van der Waals surface area contributed by atoms with E-state index in [0.29, 0.717) is 6.42 Å². The van der Waals surface area contributed by atoms with Crippen LogP contribution in [0.25, 0.3) is 0 Å². The molecule has 0 aliphatic rings. The van der Waals surface area contributed by atoms with Gasteiger partial charge in [-0.25, -0.2) is 0 Å². The van der Waals surface area contributed by atoms with Crippen molar-refractivity contribution in [3.63, 3.8) is 0 Å². The standard InChI is InChI=1S/C9H15NO2/c1-4-5-8(12)10-9(2,3)6-7-11/h11H,6-7H2,1-3H3,(H,10,12). The SMILES string of the molecule is CC#CC(=O)NC(C)(C)CCO. The van der Waals surface area contributed by atoms with E-state index in [2.05, 4.69) is 17.2 Å². The lowest BCUT2D eigenvalue weighted by Gasteiger charge is -2.23. The zero-order valence-electron chi connectivity index (χ0n) is 7.77. The lowest BCUT2D eigenvalue weighted by molar-refractivity contribution is -0.117. The van der Waals surface area contributed by atoms with E-state index >= 15 is 0 Å². The Balaban J connectivity index is 4.02. The minimum atomic E-state index is -0.379. The van der Waals surface area contributed by atoms with E-state index in [1.165, 1.54) is 0 Å². The van der Waals surface area contributed by atoms with Crippen LogP contribution in [0.4, 0.5) is 0 Å². The van der Waals surface area contributed by atoms with Gasteiger partial charge in [0.25, 0.3) is 5.91 Å². The number of nitrogens with one attached hydrogen (secondary N) is 1. The Labute approximate surface area is 73.2 Å². The van der Waals surface area contributed by atoms with Gasteiger partial charge < -0.3 is 10.4 Å². The maximum Gasteiger partial charge on any atom is 0.296 e. The number of amides is 1. The van der Waals surface area contributed by atoms with Gasteiger partial charge in [0, 0.05) is 12.1 Å².